The number of nitro benzene ring substituents is 2. The van der Waals surface area contributed by atoms with Crippen LogP contribution >= 0.6 is 124 Å². The van der Waals surface area contributed by atoms with Crippen LogP contribution < -0.4 is 56.5 Å². The molecule has 370 valence electrons. The first kappa shape index (κ1) is 62.2. The van der Waals surface area contributed by atoms with Crippen LogP contribution in [0, 0.1) is 20.2 Å². The fourth-order valence-corrected chi connectivity index (χ4v) is 9.24. The summed E-state index contributed by atoms with van der Waals surface area (Å²) in [5.41, 5.74) is 4.65. The molecule has 0 saturated carbocycles. The number of anilines is 2. The molecule has 4 heterocycles. The molecule has 4 aliphatic heterocycles. The molecule has 0 radical (unpaired) electrons. The predicted molar refractivity (Wildman–Crippen MR) is 331 cm³/mol. The number of fused-ring (bicyclic) bond motifs is 4. The van der Waals surface area contributed by atoms with E-state index in [-0.39, 0.29) is 63.9 Å². The van der Waals surface area contributed by atoms with E-state index in [1.807, 2.05) is 26.0 Å². The molecule has 4 aromatic carbocycles. The molecule has 0 fully saturated rings. The Kier molecular flexibility index (Phi) is 25.5. The fraction of sp³-hybridized carbons (Fsp3) is 0.404. The molecule has 67 heavy (non-hydrogen) atoms. The Balaban J connectivity index is 0.000000299. The third kappa shape index (κ3) is 14.4. The minimum atomic E-state index is -0.676. The Labute approximate surface area is 493 Å². The summed E-state index contributed by atoms with van der Waals surface area (Å²) in [5, 5.41) is 22.3. The van der Waals surface area contributed by atoms with Crippen molar-refractivity contribution in [1.29, 1.82) is 0 Å². The first-order valence-corrected chi connectivity index (χ1v) is 54.1. The van der Waals surface area contributed by atoms with Crippen LogP contribution in [0.25, 0.3) is 12.2 Å². The average molecular weight is 1930 g/mol. The third-order valence-electron chi connectivity index (χ3n) is 12.0. The number of nitro groups is 2. The zero-order chi connectivity index (χ0) is 49.3. The van der Waals surface area contributed by atoms with Gasteiger partial charge >= 0.3 is 114 Å². The smallest absolute Gasteiger partial charge is 1.00 e. The van der Waals surface area contributed by atoms with Gasteiger partial charge in [0.05, 0.1) is 48.4 Å². The summed E-state index contributed by atoms with van der Waals surface area (Å²) < 4.78 is 15.3. The van der Waals surface area contributed by atoms with E-state index in [0.29, 0.717) is 24.8 Å². The van der Waals surface area contributed by atoms with Crippen LogP contribution in [-0.4, -0.2) is 71.0 Å². The monoisotopic (exact) mass is 1930 g/mol. The number of benzene rings is 4. The maximum absolute atomic E-state index is 11.2. The molecule has 0 aromatic heterocycles. The van der Waals surface area contributed by atoms with E-state index >= 15 is 0 Å². The Bertz CT molecular complexity index is 2380. The molecule has 0 aliphatic carbocycles. The Morgan fingerprint density at radius 2 is 1.03 bits per heavy atom. The predicted octanol–water partition coefficient (Wildman–Crippen LogP) is 10.3. The van der Waals surface area contributed by atoms with Gasteiger partial charge in [0.1, 0.15) is 11.5 Å². The molecule has 8 rings (SSSR count). The van der Waals surface area contributed by atoms with Crippen molar-refractivity contribution in [3.63, 3.8) is 0 Å². The van der Waals surface area contributed by atoms with Crippen molar-refractivity contribution in [3.8, 4) is 11.5 Å². The fourth-order valence-electron chi connectivity index (χ4n) is 8.90. The first-order chi connectivity index (χ1) is 31.1. The molecule has 20 heteroatoms. The molecule has 0 amide bonds. The van der Waals surface area contributed by atoms with E-state index in [4.69, 9.17) is 9.47 Å². The number of non-ortho nitro benzene ring substituents is 2. The van der Waals surface area contributed by atoms with Crippen molar-refractivity contribution < 1.29 is 61.0 Å². The summed E-state index contributed by atoms with van der Waals surface area (Å²) in [6.45, 7) is 15.6. The Hall–Kier alpha value is 0.890. The molecule has 0 N–H and O–H groups in total. The number of alkyl halides is 1. The molecule has 0 saturated heterocycles. The number of rotatable bonds is 9. The minimum Gasteiger partial charge on any atom is -1.00 e. The number of halogens is 9. The molecule has 4 aliphatic rings. The minimum absolute atomic E-state index is 0. The molecule has 2 unspecified atom stereocenters. The molecular weight excluding hydrogens is 1870 g/mol. The number of para-hydroxylation sites is 2. The summed E-state index contributed by atoms with van der Waals surface area (Å²) in [6, 6.07) is 26.6. The normalized spacial score (nSPS) is 19.4. The van der Waals surface area contributed by atoms with Crippen molar-refractivity contribution in [2.45, 2.75) is 76.7 Å². The van der Waals surface area contributed by atoms with Gasteiger partial charge in [0.25, 0.3) is 11.4 Å². The topological polar surface area (TPSA) is 111 Å². The van der Waals surface area contributed by atoms with Crippen molar-refractivity contribution in [2.75, 3.05) is 55.0 Å². The molecule has 0 bridgehead atoms. The zero-order valence-electron chi connectivity index (χ0n) is 38.7. The molecular formula is C47H57I9N5O6-. The Morgan fingerprint density at radius 3 is 1.37 bits per heavy atom. The first-order valence-electron chi connectivity index (χ1n) is 21.1. The van der Waals surface area contributed by atoms with Gasteiger partial charge in [-0.25, -0.2) is 0 Å². The summed E-state index contributed by atoms with van der Waals surface area (Å²) in [7, 11) is 6.27. The van der Waals surface area contributed by atoms with E-state index in [9.17, 15) is 20.2 Å². The Morgan fingerprint density at radius 1 is 0.672 bits per heavy atom. The van der Waals surface area contributed by atoms with Gasteiger partial charge in [0, 0.05) is 70.7 Å². The van der Waals surface area contributed by atoms with Crippen LogP contribution in [-0.2, 0) is 10.8 Å². The van der Waals surface area contributed by atoms with Crippen LogP contribution in [0.3, 0.4) is 0 Å². The second-order valence-corrected chi connectivity index (χ2v) is 83.5. The average Bonchev–Trinajstić information content (AvgIpc) is 3.56. The summed E-state index contributed by atoms with van der Waals surface area (Å²) in [4.78, 5) is 26.2. The van der Waals surface area contributed by atoms with Crippen molar-refractivity contribution in [1.82, 2.24) is 0 Å². The van der Waals surface area contributed by atoms with Gasteiger partial charge in [-0.2, -0.15) is 0 Å². The van der Waals surface area contributed by atoms with Crippen LogP contribution in [0.15, 0.2) is 97.1 Å². The largest absolute Gasteiger partial charge is 1.00 e. The number of nitrogens with zero attached hydrogens (tertiary/aromatic N) is 5. The summed E-state index contributed by atoms with van der Waals surface area (Å²) >= 11 is 15.1. The quantitative estimate of drug-likeness (QED) is 0.0536. The third-order valence-corrected chi connectivity index (χ3v) is 12.7. The SMILES string of the molecule is CC.CC1(C)c2ccccc2N(CCCI)C12C=Cc1cc([N+](=O)[O-])ccc1O2.CC1(C)c2ccccc2N(CCC[N+](C)(C)C)C12C=Cc1cc([N+](=O)[O-])ccc1O2.II(I)I.I[I-]I.[I-]. The van der Waals surface area contributed by atoms with Crippen molar-refractivity contribution in [3.05, 3.63) is 140 Å². The zero-order valence-corrected chi connectivity index (χ0v) is 58.1. The van der Waals surface area contributed by atoms with Crippen molar-refractivity contribution in [2.24, 2.45) is 0 Å². The van der Waals surface area contributed by atoms with Gasteiger partial charge in [0.15, 0.2) is 0 Å². The molecule has 11 nitrogen and oxygen atoms in total. The number of hydrogen-bond donors (Lipinski definition) is 0. The van der Waals surface area contributed by atoms with Gasteiger partial charge in [-0.1, -0.05) is 72.8 Å². The number of hydrogen-bond acceptors (Lipinski definition) is 8. The van der Waals surface area contributed by atoms with Crippen LogP contribution in [0.1, 0.15) is 76.6 Å². The maximum Gasteiger partial charge on any atom is -1.00 e. The number of quaternary nitrogens is 1. The molecule has 4 aromatic rings. The van der Waals surface area contributed by atoms with Gasteiger partial charge < -0.3 is 47.7 Å². The van der Waals surface area contributed by atoms with Gasteiger partial charge in [-0.05, 0) is 93.8 Å². The van der Waals surface area contributed by atoms with E-state index < -0.39 is 11.4 Å². The second kappa shape index (κ2) is 27.4. The molecule has 2 spiro atoms. The second-order valence-electron chi connectivity index (χ2n) is 17.4. The van der Waals surface area contributed by atoms with Gasteiger partial charge in [-0.15, -0.1) is 0 Å². The van der Waals surface area contributed by atoms with E-state index in [0.717, 1.165) is 52.5 Å². The summed E-state index contributed by atoms with van der Waals surface area (Å²) in [6.07, 6.45) is 10.2. The van der Waals surface area contributed by atoms with Crippen LogP contribution in [0.4, 0.5) is 22.7 Å². The van der Waals surface area contributed by atoms with Crippen LogP contribution in [0.5, 0.6) is 11.5 Å². The number of ether oxygens (including phenoxy) is 2. The standard InChI is InChI=1S/C24H30N3O3.C21H21IN2O3.C2H6.I4.I3.HI/c1-23(2)20-9-6-7-10-21(20)25(15-8-16-27(3,4)5)24(23)14-13-18-17-19(26(28)29)11-12-22(18)30-24;1-20(2)17-6-3-4-7-18(17)23(13-5-12-22)21(20)11-10-15-14-16(24(25)26)8-9-19(15)27-21;1-2;1-4(2)3;1-3-2;/h6-7,9-14,17H,8,15-16H2,1-5H3;3-4,6-11,14H,5,12-13H2,1-2H3;1-2H3;;;1H/q+1;;;;-1;/p-1. The van der Waals surface area contributed by atoms with Crippen molar-refractivity contribution >= 4 is 158 Å². The van der Waals surface area contributed by atoms with E-state index in [1.165, 1.54) is 34.6 Å². The van der Waals surface area contributed by atoms with Gasteiger partial charge in [0.2, 0.25) is 11.4 Å². The molecule has 2 atom stereocenters. The van der Waals surface area contributed by atoms with E-state index in [1.54, 1.807) is 24.3 Å². The van der Waals surface area contributed by atoms with E-state index in [2.05, 4.69) is 235 Å². The summed E-state index contributed by atoms with van der Waals surface area (Å²) in [5.74, 6) is 1.36. The van der Waals surface area contributed by atoms with Gasteiger partial charge in [-0.3, -0.25) is 20.2 Å². The van der Waals surface area contributed by atoms with Crippen LogP contribution in [0.2, 0.25) is 0 Å². The maximum atomic E-state index is 11.2.